The number of rotatable bonds is 6. The summed E-state index contributed by atoms with van der Waals surface area (Å²) in [5, 5.41) is 0.0246. The van der Waals surface area contributed by atoms with E-state index in [9.17, 15) is 14.4 Å². The quantitative estimate of drug-likeness (QED) is 0.448. The molecule has 8 heteroatoms. The van der Waals surface area contributed by atoms with Crippen molar-refractivity contribution >= 4 is 22.9 Å². The third-order valence-electron chi connectivity index (χ3n) is 4.36. The van der Waals surface area contributed by atoms with Crippen LogP contribution in [0.25, 0.3) is 22.1 Å². The van der Waals surface area contributed by atoms with E-state index in [1.807, 2.05) is 0 Å². The first-order valence-electron chi connectivity index (χ1n) is 8.97. The average Bonchev–Trinajstić information content (AvgIpc) is 2.72. The Labute approximate surface area is 171 Å². The monoisotopic (exact) mass is 412 g/mol. The van der Waals surface area contributed by atoms with E-state index in [1.54, 1.807) is 24.3 Å². The van der Waals surface area contributed by atoms with Gasteiger partial charge in [-0.3, -0.25) is 14.4 Å². The molecular weight excluding hydrogens is 392 g/mol. The SMILES string of the molecule is COc1ccccc1-c1coc2c(COC(C)=O)c(OC)cc(OC(C)=O)c2c1=O. The van der Waals surface area contributed by atoms with E-state index in [0.29, 0.717) is 16.9 Å². The predicted molar refractivity (Wildman–Crippen MR) is 108 cm³/mol. The fourth-order valence-corrected chi connectivity index (χ4v) is 3.09. The third kappa shape index (κ3) is 3.98. The molecular formula is C22H20O8. The molecule has 0 spiro atoms. The molecule has 0 N–H and O–H groups in total. The normalized spacial score (nSPS) is 10.5. The zero-order valence-corrected chi connectivity index (χ0v) is 16.9. The van der Waals surface area contributed by atoms with E-state index in [4.69, 9.17) is 23.4 Å². The smallest absolute Gasteiger partial charge is 0.308 e. The molecule has 1 heterocycles. The fraction of sp³-hybridized carbons (Fsp3) is 0.227. The first-order chi connectivity index (χ1) is 14.4. The Morgan fingerprint density at radius 3 is 2.27 bits per heavy atom. The van der Waals surface area contributed by atoms with Gasteiger partial charge in [0.05, 0.1) is 25.3 Å². The van der Waals surface area contributed by atoms with Crippen molar-refractivity contribution in [3.8, 4) is 28.4 Å². The van der Waals surface area contributed by atoms with Crippen LogP contribution < -0.4 is 19.6 Å². The summed E-state index contributed by atoms with van der Waals surface area (Å²) in [5.74, 6) is -0.429. The molecule has 3 aromatic rings. The molecule has 0 radical (unpaired) electrons. The number of hydrogen-bond acceptors (Lipinski definition) is 8. The highest BCUT2D eigenvalue weighted by Gasteiger charge is 2.23. The predicted octanol–water partition coefficient (Wildman–Crippen LogP) is 3.47. The van der Waals surface area contributed by atoms with Crippen LogP contribution in [0.2, 0.25) is 0 Å². The number of benzene rings is 2. The summed E-state index contributed by atoms with van der Waals surface area (Å²) in [6, 6.07) is 8.36. The Kier molecular flexibility index (Phi) is 6.06. The first-order valence-corrected chi connectivity index (χ1v) is 8.97. The van der Waals surface area contributed by atoms with Gasteiger partial charge in [0, 0.05) is 25.5 Å². The number of esters is 2. The third-order valence-corrected chi connectivity index (χ3v) is 4.36. The summed E-state index contributed by atoms with van der Waals surface area (Å²) >= 11 is 0. The second kappa shape index (κ2) is 8.69. The van der Waals surface area contributed by atoms with Crippen LogP contribution in [0.4, 0.5) is 0 Å². The molecule has 0 fully saturated rings. The fourth-order valence-electron chi connectivity index (χ4n) is 3.09. The number of para-hydroxylation sites is 1. The molecule has 0 aliphatic carbocycles. The molecule has 30 heavy (non-hydrogen) atoms. The summed E-state index contributed by atoms with van der Waals surface area (Å²) in [6.45, 7) is 2.29. The number of carbonyl (C=O) groups excluding carboxylic acids is 2. The minimum absolute atomic E-state index is 0.0218. The van der Waals surface area contributed by atoms with Gasteiger partial charge in [-0.05, 0) is 6.07 Å². The topological polar surface area (TPSA) is 101 Å². The number of fused-ring (bicyclic) bond motifs is 1. The van der Waals surface area contributed by atoms with Gasteiger partial charge in [-0.2, -0.15) is 0 Å². The molecule has 2 aromatic carbocycles. The van der Waals surface area contributed by atoms with E-state index >= 15 is 0 Å². The molecule has 0 saturated heterocycles. The molecule has 0 aliphatic rings. The van der Waals surface area contributed by atoms with Crippen LogP contribution in [0.15, 0.2) is 45.8 Å². The average molecular weight is 412 g/mol. The van der Waals surface area contributed by atoms with E-state index in [0.717, 1.165) is 0 Å². The van der Waals surface area contributed by atoms with Crippen LogP contribution in [0, 0.1) is 0 Å². The Balaban J connectivity index is 2.36. The Morgan fingerprint density at radius 1 is 0.933 bits per heavy atom. The highest BCUT2D eigenvalue weighted by Crippen LogP contribution is 2.37. The van der Waals surface area contributed by atoms with Crippen LogP contribution in [-0.4, -0.2) is 26.2 Å². The molecule has 156 valence electrons. The van der Waals surface area contributed by atoms with Gasteiger partial charge < -0.3 is 23.4 Å². The van der Waals surface area contributed by atoms with Crippen molar-refractivity contribution in [3.05, 3.63) is 52.4 Å². The van der Waals surface area contributed by atoms with Crippen LogP contribution in [0.5, 0.6) is 17.2 Å². The second-order valence-corrected chi connectivity index (χ2v) is 6.31. The molecule has 3 rings (SSSR count). The summed E-state index contributed by atoms with van der Waals surface area (Å²) < 4.78 is 26.8. The number of methoxy groups -OCH3 is 2. The largest absolute Gasteiger partial charge is 0.496 e. The van der Waals surface area contributed by atoms with Gasteiger partial charge in [-0.1, -0.05) is 18.2 Å². The number of hydrogen-bond donors (Lipinski definition) is 0. The van der Waals surface area contributed by atoms with Gasteiger partial charge >= 0.3 is 11.9 Å². The summed E-state index contributed by atoms with van der Waals surface area (Å²) in [4.78, 5) is 36.4. The molecule has 0 saturated carbocycles. The maximum Gasteiger partial charge on any atom is 0.308 e. The number of carbonyl (C=O) groups is 2. The van der Waals surface area contributed by atoms with Crippen molar-refractivity contribution in [1.82, 2.24) is 0 Å². The minimum atomic E-state index is -0.617. The summed E-state index contributed by atoms with van der Waals surface area (Å²) in [5.41, 5.74) is 0.722. The zero-order chi connectivity index (χ0) is 21.8. The Hall–Kier alpha value is -3.81. The second-order valence-electron chi connectivity index (χ2n) is 6.31. The van der Waals surface area contributed by atoms with E-state index in [-0.39, 0.29) is 34.6 Å². The van der Waals surface area contributed by atoms with Crippen LogP contribution >= 0.6 is 0 Å². The van der Waals surface area contributed by atoms with E-state index in [2.05, 4.69) is 0 Å². The Morgan fingerprint density at radius 2 is 1.63 bits per heavy atom. The molecule has 0 unspecified atom stereocenters. The van der Waals surface area contributed by atoms with Crippen LogP contribution in [-0.2, 0) is 20.9 Å². The van der Waals surface area contributed by atoms with Crippen LogP contribution in [0.3, 0.4) is 0 Å². The van der Waals surface area contributed by atoms with Gasteiger partial charge in [-0.15, -0.1) is 0 Å². The molecule has 1 aromatic heterocycles. The lowest BCUT2D eigenvalue weighted by Gasteiger charge is -2.15. The summed E-state index contributed by atoms with van der Waals surface area (Å²) in [7, 11) is 2.89. The lowest BCUT2D eigenvalue weighted by atomic mass is 10.0. The molecule has 0 aliphatic heterocycles. The van der Waals surface area contributed by atoms with Gasteiger partial charge in [0.2, 0.25) is 5.43 Å². The van der Waals surface area contributed by atoms with Gasteiger partial charge in [-0.25, -0.2) is 0 Å². The van der Waals surface area contributed by atoms with Crippen LogP contribution in [0.1, 0.15) is 19.4 Å². The first kappa shape index (κ1) is 20.9. The van der Waals surface area contributed by atoms with Crippen molar-refractivity contribution in [2.45, 2.75) is 20.5 Å². The van der Waals surface area contributed by atoms with E-state index < -0.39 is 17.4 Å². The van der Waals surface area contributed by atoms with Crippen molar-refractivity contribution in [3.63, 3.8) is 0 Å². The molecule has 0 bridgehead atoms. The maximum absolute atomic E-state index is 13.4. The van der Waals surface area contributed by atoms with Gasteiger partial charge in [0.25, 0.3) is 0 Å². The standard InChI is InChI=1S/C22H20O8/c1-12(23)28-11-16-18(27-4)9-19(30-13(2)24)20-21(25)15(10-29-22(16)20)14-7-5-6-8-17(14)26-3/h5-10H,11H2,1-4H3. The molecule has 8 nitrogen and oxygen atoms in total. The van der Waals surface area contributed by atoms with Crippen molar-refractivity contribution in [2.24, 2.45) is 0 Å². The summed E-state index contributed by atoms with van der Waals surface area (Å²) in [6.07, 6.45) is 1.29. The molecule has 0 amide bonds. The zero-order valence-electron chi connectivity index (χ0n) is 16.9. The Bertz CT molecular complexity index is 1180. The lowest BCUT2D eigenvalue weighted by molar-refractivity contribution is -0.142. The van der Waals surface area contributed by atoms with Gasteiger partial charge in [0.15, 0.2) is 5.58 Å². The van der Waals surface area contributed by atoms with Crippen molar-refractivity contribution < 1.29 is 33.0 Å². The highest BCUT2D eigenvalue weighted by molar-refractivity contribution is 5.93. The minimum Gasteiger partial charge on any atom is -0.496 e. The van der Waals surface area contributed by atoms with Gasteiger partial charge in [0.1, 0.15) is 35.5 Å². The highest BCUT2D eigenvalue weighted by atomic mass is 16.5. The maximum atomic E-state index is 13.4. The van der Waals surface area contributed by atoms with Crippen molar-refractivity contribution in [2.75, 3.05) is 14.2 Å². The molecule has 0 atom stereocenters. The number of ether oxygens (including phenoxy) is 4. The van der Waals surface area contributed by atoms with E-state index in [1.165, 1.54) is 40.4 Å². The van der Waals surface area contributed by atoms with Crippen molar-refractivity contribution in [1.29, 1.82) is 0 Å². The lowest BCUT2D eigenvalue weighted by Crippen LogP contribution is -2.12.